The molecule has 106 valence electrons. The fraction of sp³-hybridized carbons (Fsp3) is 0.0667. The zero-order valence-corrected chi connectivity index (χ0v) is 11.8. The van der Waals surface area contributed by atoms with Gasteiger partial charge in [0.25, 0.3) is 0 Å². The van der Waals surface area contributed by atoms with Crippen LogP contribution in [0.4, 0.5) is 10.1 Å². The third-order valence-electron chi connectivity index (χ3n) is 2.86. The minimum atomic E-state index is -0.445. The smallest absolute Gasteiger partial charge is 0.234 e. The van der Waals surface area contributed by atoms with Crippen LogP contribution in [-0.2, 0) is 4.79 Å². The number of hydrogen-bond acceptors (Lipinski definition) is 3. The van der Waals surface area contributed by atoms with Crippen molar-refractivity contribution in [2.24, 2.45) is 0 Å². The number of para-hydroxylation sites is 3. The van der Waals surface area contributed by atoms with Crippen molar-refractivity contribution in [2.75, 3.05) is 11.1 Å². The lowest BCUT2D eigenvalue weighted by atomic mass is 10.3. The number of thioether (sulfide) groups is 1. The Labute approximate surface area is 124 Å². The van der Waals surface area contributed by atoms with Crippen LogP contribution < -0.4 is 5.32 Å². The van der Waals surface area contributed by atoms with E-state index >= 15 is 0 Å². The maximum atomic E-state index is 13.4. The first-order valence-corrected chi connectivity index (χ1v) is 7.33. The largest absolute Gasteiger partial charge is 0.333 e. The van der Waals surface area contributed by atoms with Gasteiger partial charge in [-0.1, -0.05) is 36.0 Å². The number of imidazole rings is 1. The number of H-pyrrole nitrogens is 1. The fourth-order valence-electron chi connectivity index (χ4n) is 1.88. The number of nitrogens with zero attached hydrogens (tertiary/aromatic N) is 1. The molecule has 1 aromatic heterocycles. The van der Waals surface area contributed by atoms with Gasteiger partial charge in [-0.2, -0.15) is 0 Å². The van der Waals surface area contributed by atoms with E-state index in [2.05, 4.69) is 15.3 Å². The second-order valence-electron chi connectivity index (χ2n) is 4.38. The quantitative estimate of drug-likeness (QED) is 0.726. The van der Waals surface area contributed by atoms with Crippen LogP contribution in [0.15, 0.2) is 53.7 Å². The summed E-state index contributed by atoms with van der Waals surface area (Å²) in [4.78, 5) is 19.3. The molecule has 21 heavy (non-hydrogen) atoms. The minimum Gasteiger partial charge on any atom is -0.333 e. The summed E-state index contributed by atoms with van der Waals surface area (Å²) in [5.74, 6) is -0.557. The number of carbonyl (C=O) groups is 1. The maximum absolute atomic E-state index is 13.4. The lowest BCUT2D eigenvalue weighted by Crippen LogP contribution is -2.15. The Morgan fingerprint density at radius 1 is 1.19 bits per heavy atom. The normalized spacial score (nSPS) is 10.7. The Morgan fingerprint density at radius 2 is 1.95 bits per heavy atom. The molecule has 2 N–H and O–H groups in total. The molecule has 0 saturated heterocycles. The SMILES string of the molecule is O=C(CSc1nc2ccccc2[nH]1)Nc1ccccc1F. The highest BCUT2D eigenvalue weighted by Crippen LogP contribution is 2.19. The first-order valence-electron chi connectivity index (χ1n) is 6.34. The Balaban J connectivity index is 1.62. The first-order chi connectivity index (χ1) is 10.2. The van der Waals surface area contributed by atoms with Crippen LogP contribution in [0.5, 0.6) is 0 Å². The van der Waals surface area contributed by atoms with Crippen molar-refractivity contribution in [3.05, 3.63) is 54.3 Å². The zero-order chi connectivity index (χ0) is 14.7. The molecule has 1 amide bonds. The number of carbonyl (C=O) groups excluding carboxylic acids is 1. The van der Waals surface area contributed by atoms with Crippen LogP contribution in [0.2, 0.25) is 0 Å². The Kier molecular flexibility index (Phi) is 3.87. The van der Waals surface area contributed by atoms with E-state index in [-0.39, 0.29) is 17.3 Å². The molecule has 0 aliphatic heterocycles. The van der Waals surface area contributed by atoms with Gasteiger partial charge < -0.3 is 10.3 Å². The van der Waals surface area contributed by atoms with Crippen LogP contribution in [0.1, 0.15) is 0 Å². The lowest BCUT2D eigenvalue weighted by Gasteiger charge is -2.04. The summed E-state index contributed by atoms with van der Waals surface area (Å²) < 4.78 is 13.4. The van der Waals surface area contributed by atoms with E-state index in [9.17, 15) is 9.18 Å². The number of aromatic amines is 1. The van der Waals surface area contributed by atoms with Gasteiger partial charge in [0.05, 0.1) is 22.5 Å². The minimum absolute atomic E-state index is 0.161. The average Bonchev–Trinajstić information content (AvgIpc) is 2.90. The predicted molar refractivity (Wildman–Crippen MR) is 81.8 cm³/mol. The summed E-state index contributed by atoms with van der Waals surface area (Å²) in [5.41, 5.74) is 1.97. The molecule has 1 heterocycles. The Hall–Kier alpha value is -2.34. The molecule has 2 aromatic carbocycles. The van der Waals surface area contributed by atoms with Gasteiger partial charge in [0.1, 0.15) is 5.82 Å². The third kappa shape index (κ3) is 3.22. The van der Waals surface area contributed by atoms with Crippen molar-refractivity contribution in [1.29, 1.82) is 0 Å². The van der Waals surface area contributed by atoms with Crippen molar-refractivity contribution in [3.8, 4) is 0 Å². The van der Waals surface area contributed by atoms with Crippen molar-refractivity contribution >= 4 is 34.4 Å². The molecular weight excluding hydrogens is 289 g/mol. The van der Waals surface area contributed by atoms with E-state index < -0.39 is 5.82 Å². The van der Waals surface area contributed by atoms with Crippen LogP contribution in [0, 0.1) is 5.82 Å². The lowest BCUT2D eigenvalue weighted by molar-refractivity contribution is -0.113. The molecule has 0 bridgehead atoms. The number of aromatic nitrogens is 2. The molecule has 0 fully saturated rings. The van der Waals surface area contributed by atoms with Crippen molar-refractivity contribution in [2.45, 2.75) is 5.16 Å². The first kappa shape index (κ1) is 13.6. The number of nitrogens with one attached hydrogen (secondary N) is 2. The number of benzene rings is 2. The number of amides is 1. The molecule has 0 radical (unpaired) electrons. The van der Waals surface area contributed by atoms with E-state index in [1.54, 1.807) is 12.1 Å². The molecule has 0 unspecified atom stereocenters. The third-order valence-corrected chi connectivity index (χ3v) is 3.73. The topological polar surface area (TPSA) is 57.8 Å². The number of fused-ring (bicyclic) bond motifs is 1. The Morgan fingerprint density at radius 3 is 2.76 bits per heavy atom. The molecule has 0 aliphatic carbocycles. The standard InChI is InChI=1S/C15H12FN3OS/c16-10-5-1-2-6-11(10)17-14(20)9-21-15-18-12-7-3-4-8-13(12)19-15/h1-8H,9H2,(H,17,20)(H,18,19). The highest BCUT2D eigenvalue weighted by Gasteiger charge is 2.09. The summed E-state index contributed by atoms with van der Waals surface area (Å²) in [6, 6.07) is 13.7. The predicted octanol–water partition coefficient (Wildman–Crippen LogP) is 3.43. The van der Waals surface area contributed by atoms with E-state index in [1.165, 1.54) is 23.9 Å². The molecule has 0 saturated carbocycles. The van der Waals surface area contributed by atoms with Gasteiger partial charge in [-0.25, -0.2) is 9.37 Å². The van der Waals surface area contributed by atoms with Gasteiger partial charge in [-0.05, 0) is 24.3 Å². The van der Waals surface area contributed by atoms with E-state index in [0.717, 1.165) is 11.0 Å². The number of rotatable bonds is 4. The molecule has 0 atom stereocenters. The van der Waals surface area contributed by atoms with Crippen molar-refractivity contribution in [3.63, 3.8) is 0 Å². The highest BCUT2D eigenvalue weighted by molar-refractivity contribution is 7.99. The van der Waals surface area contributed by atoms with Crippen molar-refractivity contribution < 1.29 is 9.18 Å². The number of halogens is 1. The highest BCUT2D eigenvalue weighted by atomic mass is 32.2. The zero-order valence-electron chi connectivity index (χ0n) is 11.0. The number of anilines is 1. The van der Waals surface area contributed by atoms with Crippen LogP contribution in [0.25, 0.3) is 11.0 Å². The van der Waals surface area contributed by atoms with Crippen LogP contribution >= 0.6 is 11.8 Å². The number of hydrogen-bond donors (Lipinski definition) is 2. The Bertz CT molecular complexity index is 754. The van der Waals surface area contributed by atoms with Crippen LogP contribution in [0.3, 0.4) is 0 Å². The summed E-state index contributed by atoms with van der Waals surface area (Å²) in [6.07, 6.45) is 0. The van der Waals surface area contributed by atoms with Crippen LogP contribution in [-0.4, -0.2) is 21.6 Å². The van der Waals surface area contributed by atoms with Gasteiger partial charge in [0.2, 0.25) is 5.91 Å². The van der Waals surface area contributed by atoms with E-state index in [0.29, 0.717) is 5.16 Å². The molecule has 4 nitrogen and oxygen atoms in total. The van der Waals surface area contributed by atoms with Gasteiger partial charge in [-0.3, -0.25) is 4.79 Å². The summed E-state index contributed by atoms with van der Waals surface area (Å²) in [6.45, 7) is 0. The molecule has 0 spiro atoms. The summed E-state index contributed by atoms with van der Waals surface area (Å²) >= 11 is 1.28. The molecule has 0 aliphatic rings. The molecule has 6 heteroatoms. The molecule has 3 rings (SSSR count). The van der Waals surface area contributed by atoms with Crippen molar-refractivity contribution in [1.82, 2.24) is 9.97 Å². The summed E-state index contributed by atoms with van der Waals surface area (Å²) in [7, 11) is 0. The van der Waals surface area contributed by atoms with Gasteiger partial charge in [-0.15, -0.1) is 0 Å². The van der Waals surface area contributed by atoms with Gasteiger partial charge in [0.15, 0.2) is 5.16 Å². The van der Waals surface area contributed by atoms with E-state index in [1.807, 2.05) is 24.3 Å². The molecule has 3 aromatic rings. The summed E-state index contributed by atoms with van der Waals surface area (Å²) in [5, 5.41) is 3.20. The van der Waals surface area contributed by atoms with E-state index in [4.69, 9.17) is 0 Å². The molecular formula is C15H12FN3OS. The monoisotopic (exact) mass is 301 g/mol. The maximum Gasteiger partial charge on any atom is 0.234 e. The second-order valence-corrected chi connectivity index (χ2v) is 5.34. The van der Waals surface area contributed by atoms with Gasteiger partial charge >= 0.3 is 0 Å². The average molecular weight is 301 g/mol. The second kappa shape index (κ2) is 5.97. The fourth-order valence-corrected chi connectivity index (χ4v) is 2.57. The van der Waals surface area contributed by atoms with Gasteiger partial charge in [0, 0.05) is 0 Å².